The molecule has 1 aromatic carbocycles. The molecule has 1 amide bonds. The number of nitrogens with zero attached hydrogens (tertiary/aromatic N) is 2. The summed E-state index contributed by atoms with van der Waals surface area (Å²) in [6.45, 7) is 6.19. The Hall–Kier alpha value is -1.92. The highest BCUT2D eigenvalue weighted by molar-refractivity contribution is 5.99. The normalized spacial score (nSPS) is 20.9. The van der Waals surface area contributed by atoms with Crippen molar-refractivity contribution in [2.24, 2.45) is 10.9 Å². The van der Waals surface area contributed by atoms with Crippen molar-refractivity contribution in [3.8, 4) is 0 Å². The van der Waals surface area contributed by atoms with E-state index in [-0.39, 0.29) is 12.0 Å². The summed E-state index contributed by atoms with van der Waals surface area (Å²) in [5.74, 6) is 0.621. The Morgan fingerprint density at radius 1 is 1.42 bits per heavy atom. The van der Waals surface area contributed by atoms with E-state index in [1.807, 2.05) is 26.1 Å². The molecule has 2 fully saturated rings. The number of likely N-dealkylation sites (N-methyl/N-ethyl adjacent to an activating group) is 1. The van der Waals surface area contributed by atoms with Gasteiger partial charge in [0, 0.05) is 68.8 Å². The number of anilines is 1. The van der Waals surface area contributed by atoms with Gasteiger partial charge in [-0.15, -0.1) is 0 Å². The number of rotatable bonds is 6. The number of amides is 1. The highest BCUT2D eigenvalue weighted by Gasteiger charge is 2.21. The lowest BCUT2D eigenvalue weighted by Crippen LogP contribution is -2.43. The summed E-state index contributed by atoms with van der Waals surface area (Å²) in [6, 6.07) is 3.73. The molecule has 2 heterocycles. The summed E-state index contributed by atoms with van der Waals surface area (Å²) in [5.41, 5.74) is 9.18. The van der Waals surface area contributed by atoms with Crippen LogP contribution in [0.1, 0.15) is 40.7 Å². The SMILES string of the molecule is Cc1cc(N)c(C=NCC2CNC2)cc1C(=O)N(C)CC1CCCCO1. The molecular formula is C20H30N4O2. The lowest BCUT2D eigenvalue weighted by Gasteiger charge is -2.28. The fourth-order valence-electron chi connectivity index (χ4n) is 3.41. The van der Waals surface area contributed by atoms with Crippen molar-refractivity contribution >= 4 is 17.8 Å². The van der Waals surface area contributed by atoms with Gasteiger partial charge in [-0.2, -0.15) is 0 Å². The third-order valence-corrected chi connectivity index (χ3v) is 5.22. The number of nitrogens with two attached hydrogens (primary N) is 1. The zero-order valence-electron chi connectivity index (χ0n) is 15.8. The smallest absolute Gasteiger partial charge is 0.253 e. The number of nitrogens with one attached hydrogen (secondary N) is 1. The van der Waals surface area contributed by atoms with E-state index in [0.29, 0.717) is 23.7 Å². The maximum Gasteiger partial charge on any atom is 0.253 e. The highest BCUT2D eigenvalue weighted by atomic mass is 16.5. The van der Waals surface area contributed by atoms with Gasteiger partial charge in [-0.05, 0) is 43.9 Å². The van der Waals surface area contributed by atoms with E-state index in [1.165, 1.54) is 6.42 Å². The van der Waals surface area contributed by atoms with Crippen molar-refractivity contribution in [3.05, 3.63) is 28.8 Å². The summed E-state index contributed by atoms with van der Waals surface area (Å²) in [6.07, 6.45) is 5.25. The van der Waals surface area contributed by atoms with E-state index in [2.05, 4.69) is 10.3 Å². The molecule has 142 valence electrons. The van der Waals surface area contributed by atoms with Gasteiger partial charge in [0.05, 0.1) is 6.10 Å². The second-order valence-corrected chi connectivity index (χ2v) is 7.49. The van der Waals surface area contributed by atoms with Crippen LogP contribution in [-0.2, 0) is 4.74 Å². The Morgan fingerprint density at radius 3 is 2.88 bits per heavy atom. The van der Waals surface area contributed by atoms with Crippen molar-refractivity contribution < 1.29 is 9.53 Å². The molecule has 0 aliphatic carbocycles. The van der Waals surface area contributed by atoms with E-state index in [4.69, 9.17) is 10.5 Å². The molecule has 2 aliphatic heterocycles. The molecule has 1 aromatic rings. The molecule has 0 aromatic heterocycles. The molecule has 0 spiro atoms. The van der Waals surface area contributed by atoms with E-state index < -0.39 is 0 Å². The van der Waals surface area contributed by atoms with E-state index in [9.17, 15) is 4.79 Å². The van der Waals surface area contributed by atoms with Gasteiger partial charge in [-0.25, -0.2) is 0 Å². The standard InChI is InChI=1S/C20H30N4O2/c1-14-7-19(21)16(12-23-11-15-9-22-10-15)8-18(14)20(25)24(2)13-17-5-3-4-6-26-17/h7-8,12,15,17,22H,3-6,9-11,13,21H2,1-2H3. The molecular weight excluding hydrogens is 328 g/mol. The average molecular weight is 358 g/mol. The van der Waals surface area contributed by atoms with Gasteiger partial charge in [0.2, 0.25) is 0 Å². The number of benzene rings is 1. The van der Waals surface area contributed by atoms with Gasteiger partial charge in [0.25, 0.3) is 5.91 Å². The molecule has 2 aliphatic rings. The first-order valence-electron chi connectivity index (χ1n) is 9.52. The number of aryl methyl sites for hydroxylation is 1. The lowest BCUT2D eigenvalue weighted by molar-refractivity contribution is -0.000202. The maximum atomic E-state index is 12.9. The van der Waals surface area contributed by atoms with Crippen LogP contribution in [0.2, 0.25) is 0 Å². The summed E-state index contributed by atoms with van der Waals surface area (Å²) >= 11 is 0. The van der Waals surface area contributed by atoms with Gasteiger partial charge in [0.1, 0.15) is 0 Å². The highest BCUT2D eigenvalue weighted by Crippen LogP contribution is 2.20. The predicted molar refractivity (Wildman–Crippen MR) is 105 cm³/mol. The minimum Gasteiger partial charge on any atom is -0.398 e. The Labute approximate surface area is 155 Å². The van der Waals surface area contributed by atoms with Crippen molar-refractivity contribution in [2.75, 3.05) is 45.6 Å². The van der Waals surface area contributed by atoms with E-state index in [1.54, 1.807) is 11.1 Å². The summed E-state index contributed by atoms with van der Waals surface area (Å²) in [5, 5.41) is 3.24. The molecule has 26 heavy (non-hydrogen) atoms. The largest absolute Gasteiger partial charge is 0.398 e. The second kappa shape index (κ2) is 8.64. The molecule has 2 saturated heterocycles. The van der Waals surface area contributed by atoms with E-state index in [0.717, 1.165) is 50.2 Å². The molecule has 0 saturated carbocycles. The van der Waals surface area contributed by atoms with Gasteiger partial charge < -0.3 is 20.7 Å². The zero-order chi connectivity index (χ0) is 18.5. The van der Waals surface area contributed by atoms with Crippen LogP contribution in [0.3, 0.4) is 0 Å². The molecule has 3 N–H and O–H groups in total. The number of ether oxygens (including phenoxy) is 1. The quantitative estimate of drug-likeness (QED) is 0.601. The minimum atomic E-state index is 0.00881. The van der Waals surface area contributed by atoms with Crippen LogP contribution in [0.25, 0.3) is 0 Å². The van der Waals surface area contributed by atoms with Gasteiger partial charge >= 0.3 is 0 Å². The molecule has 0 radical (unpaired) electrons. The summed E-state index contributed by atoms with van der Waals surface area (Å²) in [7, 11) is 1.84. The molecule has 0 bridgehead atoms. The topological polar surface area (TPSA) is 79.9 Å². The number of nitrogen functional groups attached to an aromatic ring is 1. The second-order valence-electron chi connectivity index (χ2n) is 7.49. The van der Waals surface area contributed by atoms with E-state index >= 15 is 0 Å². The molecule has 6 nitrogen and oxygen atoms in total. The Kier molecular flexibility index (Phi) is 6.27. The van der Waals surface area contributed by atoms with Gasteiger partial charge in [0.15, 0.2) is 0 Å². The Morgan fingerprint density at radius 2 is 2.23 bits per heavy atom. The molecule has 1 atom stereocenters. The third-order valence-electron chi connectivity index (χ3n) is 5.22. The monoisotopic (exact) mass is 358 g/mol. The molecule has 3 rings (SSSR count). The fourth-order valence-corrected chi connectivity index (χ4v) is 3.41. The van der Waals surface area contributed by atoms with Crippen LogP contribution < -0.4 is 11.1 Å². The summed E-state index contributed by atoms with van der Waals surface area (Å²) in [4.78, 5) is 19.2. The first-order valence-corrected chi connectivity index (χ1v) is 9.52. The number of carbonyl (C=O) groups excluding carboxylic acids is 1. The predicted octanol–water partition coefficient (Wildman–Crippen LogP) is 1.86. The van der Waals surface area contributed by atoms with Crippen LogP contribution in [0.15, 0.2) is 17.1 Å². The molecule has 6 heteroatoms. The van der Waals surface area contributed by atoms with Crippen LogP contribution in [0, 0.1) is 12.8 Å². The minimum absolute atomic E-state index is 0.00881. The number of carbonyl (C=O) groups is 1. The maximum absolute atomic E-state index is 12.9. The van der Waals surface area contributed by atoms with Crippen molar-refractivity contribution in [1.82, 2.24) is 10.2 Å². The van der Waals surface area contributed by atoms with Crippen LogP contribution >= 0.6 is 0 Å². The first-order chi connectivity index (χ1) is 12.5. The van der Waals surface area contributed by atoms with Crippen LogP contribution in [-0.4, -0.2) is 63.0 Å². The number of hydrogen-bond acceptors (Lipinski definition) is 5. The zero-order valence-corrected chi connectivity index (χ0v) is 15.8. The number of aliphatic imine (C=N–C) groups is 1. The lowest BCUT2D eigenvalue weighted by atomic mass is 10.0. The van der Waals surface area contributed by atoms with Crippen LogP contribution in [0.5, 0.6) is 0 Å². The Bertz CT molecular complexity index is 664. The summed E-state index contributed by atoms with van der Waals surface area (Å²) < 4.78 is 5.76. The fraction of sp³-hybridized carbons (Fsp3) is 0.600. The first kappa shape index (κ1) is 18.9. The van der Waals surface area contributed by atoms with Crippen molar-refractivity contribution in [2.45, 2.75) is 32.3 Å². The van der Waals surface area contributed by atoms with Crippen molar-refractivity contribution in [3.63, 3.8) is 0 Å². The van der Waals surface area contributed by atoms with Gasteiger partial charge in [-0.3, -0.25) is 9.79 Å². The van der Waals surface area contributed by atoms with Gasteiger partial charge in [-0.1, -0.05) is 0 Å². The number of hydrogen-bond donors (Lipinski definition) is 2. The average Bonchev–Trinajstić information content (AvgIpc) is 2.59. The third kappa shape index (κ3) is 4.62. The Balaban J connectivity index is 1.68. The van der Waals surface area contributed by atoms with Crippen molar-refractivity contribution in [1.29, 1.82) is 0 Å². The molecule has 1 unspecified atom stereocenters. The van der Waals surface area contributed by atoms with Crippen LogP contribution in [0.4, 0.5) is 5.69 Å².